The van der Waals surface area contributed by atoms with Crippen molar-refractivity contribution in [2.24, 2.45) is 0 Å². The van der Waals surface area contributed by atoms with Crippen LogP contribution in [0, 0.1) is 6.92 Å². The first-order valence-corrected chi connectivity index (χ1v) is 9.37. The number of rotatable bonds is 6. The molecule has 0 aliphatic rings. The summed E-state index contributed by atoms with van der Waals surface area (Å²) in [6, 6.07) is 18.9. The Labute approximate surface area is 173 Å². The predicted octanol–water partition coefficient (Wildman–Crippen LogP) is 3.50. The Hall–Kier alpha value is -4.20. The van der Waals surface area contributed by atoms with Gasteiger partial charge in [-0.2, -0.15) is 9.97 Å². The number of aryl methyl sites for hydroxylation is 1. The minimum atomic E-state index is -0.352. The number of hydrogen-bond donors (Lipinski definition) is 2. The van der Waals surface area contributed by atoms with Gasteiger partial charge in [-0.15, -0.1) is 0 Å². The molecule has 4 rings (SSSR count). The normalized spacial score (nSPS) is 10.4. The molecule has 8 nitrogen and oxygen atoms in total. The first-order valence-electron chi connectivity index (χ1n) is 9.37. The highest BCUT2D eigenvalue weighted by molar-refractivity contribution is 6.03. The fraction of sp³-hybridized carbons (Fsp3) is 0.0909. The van der Waals surface area contributed by atoms with E-state index in [0.717, 1.165) is 5.56 Å². The second-order valence-corrected chi connectivity index (χ2v) is 6.47. The number of carbonyl (C=O) groups excluding carboxylic acids is 1. The smallest absolute Gasteiger partial charge is 0.259 e. The number of amides is 1. The molecular weight excluding hydrogens is 378 g/mol. The van der Waals surface area contributed by atoms with Crippen molar-refractivity contribution in [3.8, 4) is 11.5 Å². The molecule has 0 unspecified atom stereocenters. The van der Waals surface area contributed by atoms with Gasteiger partial charge in [0.15, 0.2) is 5.82 Å². The Morgan fingerprint density at radius 1 is 0.900 bits per heavy atom. The third-order valence-corrected chi connectivity index (χ3v) is 4.21. The van der Waals surface area contributed by atoms with E-state index in [2.05, 4.69) is 35.6 Å². The minimum Gasteiger partial charge on any atom is -0.366 e. The molecule has 2 N–H and O–H groups in total. The van der Waals surface area contributed by atoms with Crippen LogP contribution in [0.15, 0.2) is 73.1 Å². The van der Waals surface area contributed by atoms with Crippen molar-refractivity contribution in [3.63, 3.8) is 0 Å². The zero-order valence-corrected chi connectivity index (χ0v) is 16.3. The second-order valence-electron chi connectivity index (χ2n) is 6.47. The van der Waals surface area contributed by atoms with Crippen LogP contribution < -0.4 is 10.6 Å². The average molecular weight is 397 g/mol. The molecule has 0 atom stereocenters. The van der Waals surface area contributed by atoms with E-state index in [-0.39, 0.29) is 11.9 Å². The summed E-state index contributed by atoms with van der Waals surface area (Å²) in [5.74, 6) is 1.38. The first kappa shape index (κ1) is 19.1. The van der Waals surface area contributed by atoms with Gasteiger partial charge in [-0.1, -0.05) is 36.4 Å². The van der Waals surface area contributed by atoms with E-state index in [1.54, 1.807) is 31.3 Å². The van der Waals surface area contributed by atoms with Crippen LogP contribution >= 0.6 is 0 Å². The SMILES string of the molecule is Cc1nc(NC(=O)c2ccc(NCc3ccccc3)nc2)nc(-c2ccccn2)n1. The standard InChI is InChI=1S/C22H19N7O/c1-15-26-20(18-9-5-6-12-23-18)28-22(27-15)29-21(30)17-10-11-19(25-14-17)24-13-16-7-3-2-4-8-16/h2-12,14H,13H2,1H3,(H,24,25)(H,26,27,28,29,30). The summed E-state index contributed by atoms with van der Waals surface area (Å²) < 4.78 is 0. The summed E-state index contributed by atoms with van der Waals surface area (Å²) in [6.07, 6.45) is 3.17. The number of anilines is 2. The largest absolute Gasteiger partial charge is 0.366 e. The summed E-state index contributed by atoms with van der Waals surface area (Å²) in [4.78, 5) is 33.9. The minimum absolute atomic E-state index is 0.166. The molecule has 1 amide bonds. The fourth-order valence-electron chi connectivity index (χ4n) is 2.74. The van der Waals surface area contributed by atoms with Gasteiger partial charge in [0.25, 0.3) is 5.91 Å². The van der Waals surface area contributed by atoms with Crippen molar-refractivity contribution in [2.75, 3.05) is 10.6 Å². The van der Waals surface area contributed by atoms with E-state index in [1.165, 1.54) is 6.20 Å². The van der Waals surface area contributed by atoms with Gasteiger partial charge in [0.1, 0.15) is 17.3 Å². The molecule has 4 aromatic rings. The molecular formula is C22H19N7O. The molecule has 148 valence electrons. The quantitative estimate of drug-likeness (QED) is 0.513. The van der Waals surface area contributed by atoms with Gasteiger partial charge in [0.05, 0.1) is 5.56 Å². The van der Waals surface area contributed by atoms with E-state index in [0.29, 0.717) is 35.3 Å². The predicted molar refractivity (Wildman–Crippen MR) is 114 cm³/mol. The molecule has 0 aliphatic carbocycles. The van der Waals surface area contributed by atoms with Crippen molar-refractivity contribution >= 4 is 17.7 Å². The van der Waals surface area contributed by atoms with Gasteiger partial charge in [-0.05, 0) is 36.8 Å². The number of nitrogens with zero attached hydrogens (tertiary/aromatic N) is 5. The van der Waals surface area contributed by atoms with Gasteiger partial charge in [-0.3, -0.25) is 15.1 Å². The molecule has 0 saturated heterocycles. The van der Waals surface area contributed by atoms with Gasteiger partial charge in [-0.25, -0.2) is 9.97 Å². The van der Waals surface area contributed by atoms with Crippen LogP contribution in [-0.2, 0) is 6.54 Å². The number of nitrogens with one attached hydrogen (secondary N) is 2. The van der Waals surface area contributed by atoms with Crippen LogP contribution in [0.5, 0.6) is 0 Å². The molecule has 3 aromatic heterocycles. The molecule has 0 radical (unpaired) electrons. The third-order valence-electron chi connectivity index (χ3n) is 4.21. The zero-order valence-electron chi connectivity index (χ0n) is 16.3. The van der Waals surface area contributed by atoms with Crippen molar-refractivity contribution in [1.29, 1.82) is 0 Å². The van der Waals surface area contributed by atoms with E-state index >= 15 is 0 Å². The van der Waals surface area contributed by atoms with E-state index < -0.39 is 0 Å². The fourth-order valence-corrected chi connectivity index (χ4v) is 2.74. The number of benzene rings is 1. The summed E-state index contributed by atoms with van der Waals surface area (Å²) in [5, 5.41) is 5.92. The maximum atomic E-state index is 12.6. The maximum absolute atomic E-state index is 12.6. The van der Waals surface area contributed by atoms with Crippen LogP contribution in [-0.4, -0.2) is 30.8 Å². The summed E-state index contributed by atoms with van der Waals surface area (Å²) in [5.41, 5.74) is 2.15. The molecule has 0 aliphatic heterocycles. The van der Waals surface area contributed by atoms with Gasteiger partial charge < -0.3 is 5.32 Å². The Morgan fingerprint density at radius 2 is 1.73 bits per heavy atom. The summed E-state index contributed by atoms with van der Waals surface area (Å²) in [6.45, 7) is 2.39. The monoisotopic (exact) mass is 397 g/mol. The maximum Gasteiger partial charge on any atom is 0.259 e. The van der Waals surface area contributed by atoms with Gasteiger partial charge in [0, 0.05) is 18.9 Å². The number of pyridine rings is 2. The lowest BCUT2D eigenvalue weighted by atomic mass is 10.2. The van der Waals surface area contributed by atoms with Crippen LogP contribution in [0.4, 0.5) is 11.8 Å². The molecule has 3 heterocycles. The summed E-state index contributed by atoms with van der Waals surface area (Å²) >= 11 is 0. The Bertz CT molecular complexity index is 1130. The molecule has 8 heteroatoms. The lowest BCUT2D eigenvalue weighted by Gasteiger charge is -2.08. The first-order chi connectivity index (χ1) is 14.7. The topological polar surface area (TPSA) is 106 Å². The zero-order chi connectivity index (χ0) is 20.8. The van der Waals surface area contributed by atoms with Gasteiger partial charge in [0.2, 0.25) is 5.95 Å². The Kier molecular flexibility index (Phi) is 5.66. The molecule has 0 saturated carbocycles. The van der Waals surface area contributed by atoms with Gasteiger partial charge >= 0.3 is 0 Å². The van der Waals surface area contributed by atoms with Crippen LogP contribution in [0.25, 0.3) is 11.5 Å². The van der Waals surface area contributed by atoms with Crippen molar-refractivity contribution in [1.82, 2.24) is 24.9 Å². The highest BCUT2D eigenvalue weighted by atomic mass is 16.1. The lowest BCUT2D eigenvalue weighted by molar-refractivity contribution is 0.102. The number of aromatic nitrogens is 5. The van der Waals surface area contributed by atoms with Crippen LogP contribution in [0.1, 0.15) is 21.7 Å². The van der Waals surface area contributed by atoms with E-state index in [1.807, 2.05) is 42.5 Å². The average Bonchev–Trinajstić information content (AvgIpc) is 2.79. The summed E-state index contributed by atoms with van der Waals surface area (Å²) in [7, 11) is 0. The highest BCUT2D eigenvalue weighted by Gasteiger charge is 2.12. The van der Waals surface area contributed by atoms with Crippen molar-refractivity contribution < 1.29 is 4.79 Å². The van der Waals surface area contributed by atoms with Crippen LogP contribution in [0.3, 0.4) is 0 Å². The van der Waals surface area contributed by atoms with E-state index in [4.69, 9.17) is 0 Å². The van der Waals surface area contributed by atoms with Crippen molar-refractivity contribution in [3.05, 3.63) is 90.0 Å². The number of carbonyl (C=O) groups is 1. The molecule has 1 aromatic carbocycles. The molecule has 30 heavy (non-hydrogen) atoms. The Morgan fingerprint density at radius 3 is 2.47 bits per heavy atom. The highest BCUT2D eigenvalue weighted by Crippen LogP contribution is 2.14. The Balaban J connectivity index is 1.43. The van der Waals surface area contributed by atoms with Crippen molar-refractivity contribution in [2.45, 2.75) is 13.5 Å². The van der Waals surface area contributed by atoms with Crippen LogP contribution in [0.2, 0.25) is 0 Å². The molecule has 0 spiro atoms. The second kappa shape index (κ2) is 8.87. The third kappa shape index (κ3) is 4.79. The molecule has 0 bridgehead atoms. The lowest BCUT2D eigenvalue weighted by Crippen LogP contribution is -2.16. The number of hydrogen-bond acceptors (Lipinski definition) is 7. The van der Waals surface area contributed by atoms with E-state index in [9.17, 15) is 4.79 Å². The molecule has 0 fully saturated rings.